The Morgan fingerprint density at radius 2 is 0.778 bits per heavy atom. The lowest BCUT2D eigenvalue weighted by Crippen LogP contribution is -2.50. The topological polar surface area (TPSA) is 66.4 Å². The average molecular weight is 495 g/mol. The highest BCUT2D eigenvalue weighted by molar-refractivity contribution is 5.96. The molecule has 0 N–H and O–H groups in total. The Morgan fingerprint density at radius 1 is 0.500 bits per heavy atom. The van der Waals surface area contributed by atoms with Gasteiger partial charge in [0.05, 0.1) is 12.4 Å². The average Bonchev–Trinajstić information content (AvgIpc) is 2.96. The Balaban J connectivity index is 1.39. The van der Waals surface area contributed by atoms with E-state index in [1.54, 1.807) is 12.4 Å². The summed E-state index contributed by atoms with van der Waals surface area (Å²) in [7, 11) is 0. The quantitative estimate of drug-likeness (QED) is 0.442. The molecule has 0 aromatic carbocycles. The van der Waals surface area contributed by atoms with Gasteiger partial charge in [0.15, 0.2) is 0 Å². The standard InChI is InChI=1S/C30H46N4O2/c35-29(33(23-13-5-1-6-14-23)24-15-7-2-8-16-24)27-21-31-22-28(32-27)30(36)34(25-17-9-3-10-18-25)26-19-11-4-12-20-26/h21-26H,1-20H2. The number of rotatable bonds is 6. The molecule has 36 heavy (non-hydrogen) atoms. The van der Waals surface area contributed by atoms with Gasteiger partial charge in [0.2, 0.25) is 0 Å². The van der Waals surface area contributed by atoms with Crippen molar-refractivity contribution in [2.45, 2.75) is 153 Å². The van der Waals surface area contributed by atoms with Crippen LogP contribution in [0, 0.1) is 0 Å². The van der Waals surface area contributed by atoms with E-state index in [0.717, 1.165) is 51.4 Å². The summed E-state index contributed by atoms with van der Waals surface area (Å²) < 4.78 is 0. The predicted molar refractivity (Wildman–Crippen MR) is 142 cm³/mol. The molecule has 4 saturated carbocycles. The molecule has 1 aromatic rings. The molecule has 1 heterocycles. The summed E-state index contributed by atoms with van der Waals surface area (Å²) in [6, 6.07) is 1.21. The molecule has 6 heteroatoms. The Morgan fingerprint density at radius 3 is 1.06 bits per heavy atom. The maximum Gasteiger partial charge on any atom is 0.274 e. The van der Waals surface area contributed by atoms with E-state index in [-0.39, 0.29) is 11.8 Å². The number of nitrogens with zero attached hydrogens (tertiary/aromatic N) is 4. The minimum absolute atomic E-state index is 0.00201. The van der Waals surface area contributed by atoms with E-state index in [4.69, 9.17) is 4.98 Å². The van der Waals surface area contributed by atoms with E-state index in [0.29, 0.717) is 35.6 Å². The molecule has 198 valence electrons. The molecular weight excluding hydrogens is 448 g/mol. The first kappa shape index (κ1) is 25.7. The molecule has 0 atom stereocenters. The van der Waals surface area contributed by atoms with Crippen molar-refractivity contribution in [3.05, 3.63) is 23.8 Å². The molecular formula is C30H46N4O2. The fourth-order valence-corrected chi connectivity index (χ4v) is 7.53. The normalized spacial score (nSPS) is 23.3. The number of carbonyl (C=O) groups excluding carboxylic acids is 2. The monoisotopic (exact) mass is 494 g/mol. The van der Waals surface area contributed by atoms with Crippen LogP contribution >= 0.6 is 0 Å². The van der Waals surface area contributed by atoms with Gasteiger partial charge in [0.1, 0.15) is 11.4 Å². The highest BCUT2D eigenvalue weighted by Gasteiger charge is 2.36. The summed E-state index contributed by atoms with van der Waals surface area (Å²) in [5.41, 5.74) is 0.730. The fourth-order valence-electron chi connectivity index (χ4n) is 7.53. The summed E-state index contributed by atoms with van der Waals surface area (Å²) in [4.78, 5) is 41.5. The van der Waals surface area contributed by atoms with Gasteiger partial charge >= 0.3 is 0 Å². The molecule has 0 radical (unpaired) electrons. The van der Waals surface area contributed by atoms with Gasteiger partial charge in [-0.2, -0.15) is 0 Å². The molecule has 0 spiro atoms. The van der Waals surface area contributed by atoms with Gasteiger partial charge in [-0.15, -0.1) is 0 Å². The number of hydrogen-bond donors (Lipinski definition) is 0. The zero-order chi connectivity index (χ0) is 24.7. The smallest absolute Gasteiger partial charge is 0.274 e. The lowest BCUT2D eigenvalue weighted by molar-refractivity contribution is 0.0433. The van der Waals surface area contributed by atoms with E-state index in [9.17, 15) is 9.59 Å². The molecule has 4 aliphatic carbocycles. The van der Waals surface area contributed by atoms with Gasteiger partial charge in [-0.25, -0.2) is 4.98 Å². The first-order chi connectivity index (χ1) is 17.7. The van der Waals surface area contributed by atoms with Crippen LogP contribution in [0.2, 0.25) is 0 Å². The van der Waals surface area contributed by atoms with Crippen LogP contribution in [0.3, 0.4) is 0 Å². The first-order valence-corrected chi connectivity index (χ1v) is 15.2. The van der Waals surface area contributed by atoms with Crippen LogP contribution in [0.25, 0.3) is 0 Å². The molecule has 5 rings (SSSR count). The maximum absolute atomic E-state index is 14.0. The highest BCUT2D eigenvalue weighted by Crippen LogP contribution is 2.33. The molecule has 0 aliphatic heterocycles. The molecule has 4 aliphatic rings. The van der Waals surface area contributed by atoms with Crippen LogP contribution in [0.4, 0.5) is 0 Å². The number of amides is 2. The van der Waals surface area contributed by atoms with Crippen LogP contribution in [0.15, 0.2) is 12.4 Å². The summed E-state index contributed by atoms with van der Waals surface area (Å²) in [6.45, 7) is 0. The van der Waals surface area contributed by atoms with Crippen LogP contribution in [0.1, 0.15) is 149 Å². The zero-order valence-corrected chi connectivity index (χ0v) is 22.2. The maximum atomic E-state index is 14.0. The molecule has 0 unspecified atom stereocenters. The van der Waals surface area contributed by atoms with Crippen LogP contribution in [0.5, 0.6) is 0 Å². The second kappa shape index (κ2) is 12.5. The largest absolute Gasteiger partial charge is 0.331 e. The SMILES string of the molecule is O=C(c1cncc(C(=O)N(C2CCCCC2)C2CCCCC2)n1)N(C1CCCCC1)C1CCCCC1. The highest BCUT2D eigenvalue weighted by atomic mass is 16.2. The van der Waals surface area contributed by atoms with E-state index >= 15 is 0 Å². The Bertz CT molecular complexity index is 762. The van der Waals surface area contributed by atoms with Gasteiger partial charge in [0, 0.05) is 24.2 Å². The third kappa shape index (κ3) is 5.94. The minimum Gasteiger partial charge on any atom is -0.331 e. The third-order valence-electron chi connectivity index (χ3n) is 9.41. The summed E-state index contributed by atoms with van der Waals surface area (Å²) >= 11 is 0. The molecule has 4 fully saturated rings. The van der Waals surface area contributed by atoms with Crippen molar-refractivity contribution in [1.82, 2.24) is 19.8 Å². The second-order valence-corrected chi connectivity index (χ2v) is 11.9. The second-order valence-electron chi connectivity index (χ2n) is 11.9. The Hall–Kier alpha value is -1.98. The van der Waals surface area contributed by atoms with Crippen molar-refractivity contribution >= 4 is 11.8 Å². The van der Waals surface area contributed by atoms with Crippen LogP contribution in [-0.2, 0) is 0 Å². The van der Waals surface area contributed by atoms with Gasteiger partial charge in [-0.05, 0) is 51.4 Å². The molecule has 6 nitrogen and oxygen atoms in total. The number of hydrogen-bond acceptors (Lipinski definition) is 4. The Kier molecular flexibility index (Phi) is 8.92. The van der Waals surface area contributed by atoms with Gasteiger partial charge in [-0.1, -0.05) is 77.0 Å². The van der Waals surface area contributed by atoms with Crippen molar-refractivity contribution in [3.8, 4) is 0 Å². The summed E-state index contributed by atoms with van der Waals surface area (Å²) in [5.74, 6) is -0.00401. The molecule has 1 aromatic heterocycles. The predicted octanol–water partition coefficient (Wildman–Crippen LogP) is 6.69. The molecule has 0 saturated heterocycles. The van der Waals surface area contributed by atoms with Crippen molar-refractivity contribution < 1.29 is 9.59 Å². The zero-order valence-electron chi connectivity index (χ0n) is 22.2. The number of carbonyl (C=O) groups is 2. The van der Waals surface area contributed by atoms with Crippen molar-refractivity contribution in [3.63, 3.8) is 0 Å². The lowest BCUT2D eigenvalue weighted by Gasteiger charge is -2.42. The first-order valence-electron chi connectivity index (χ1n) is 15.2. The fraction of sp³-hybridized carbons (Fsp3) is 0.800. The van der Waals surface area contributed by atoms with Gasteiger partial charge in [-0.3, -0.25) is 14.6 Å². The third-order valence-corrected chi connectivity index (χ3v) is 9.41. The van der Waals surface area contributed by atoms with E-state index < -0.39 is 0 Å². The molecule has 2 amide bonds. The van der Waals surface area contributed by atoms with Crippen LogP contribution in [-0.4, -0.2) is 55.7 Å². The van der Waals surface area contributed by atoms with Crippen molar-refractivity contribution in [2.75, 3.05) is 0 Å². The Labute approximate surface area is 217 Å². The van der Waals surface area contributed by atoms with Crippen molar-refractivity contribution in [2.24, 2.45) is 0 Å². The lowest BCUT2D eigenvalue weighted by atomic mass is 9.88. The van der Waals surface area contributed by atoms with E-state index in [2.05, 4.69) is 14.8 Å². The minimum atomic E-state index is -0.00201. The van der Waals surface area contributed by atoms with E-state index in [1.807, 2.05) is 0 Å². The number of aromatic nitrogens is 2. The van der Waals surface area contributed by atoms with Crippen LogP contribution < -0.4 is 0 Å². The van der Waals surface area contributed by atoms with Gasteiger partial charge in [0.25, 0.3) is 11.8 Å². The summed E-state index contributed by atoms with van der Waals surface area (Å²) in [5, 5.41) is 0. The molecule has 0 bridgehead atoms. The van der Waals surface area contributed by atoms with Crippen molar-refractivity contribution in [1.29, 1.82) is 0 Å². The summed E-state index contributed by atoms with van der Waals surface area (Å²) in [6.07, 6.45) is 26.6. The van der Waals surface area contributed by atoms with E-state index in [1.165, 1.54) is 77.0 Å². The van der Waals surface area contributed by atoms with Gasteiger partial charge < -0.3 is 9.80 Å².